The predicted octanol–water partition coefficient (Wildman–Crippen LogP) is 4.02. The number of thiazole rings is 1. The fourth-order valence-electron chi connectivity index (χ4n) is 2.44. The Morgan fingerprint density at radius 1 is 1.35 bits per heavy atom. The van der Waals surface area contributed by atoms with E-state index in [4.69, 9.17) is 26.2 Å². The van der Waals surface area contributed by atoms with E-state index in [0.717, 1.165) is 23.5 Å². The first-order valence-electron chi connectivity index (χ1n) is 9.66. The lowest BCUT2D eigenvalue weighted by Gasteiger charge is -2.26. The van der Waals surface area contributed by atoms with E-state index in [1.54, 1.807) is 20.8 Å². The van der Waals surface area contributed by atoms with Crippen molar-refractivity contribution in [1.29, 1.82) is 0 Å². The van der Waals surface area contributed by atoms with Crippen LogP contribution in [0, 0.1) is 5.82 Å². The molecule has 1 amide bonds. The molecule has 0 saturated heterocycles. The van der Waals surface area contributed by atoms with Crippen molar-refractivity contribution in [2.75, 3.05) is 17.4 Å². The molecule has 0 radical (unpaired) electrons. The number of aromatic nitrogens is 1. The van der Waals surface area contributed by atoms with E-state index in [1.807, 2.05) is 0 Å². The topological polar surface area (TPSA) is 135 Å². The van der Waals surface area contributed by atoms with E-state index in [9.17, 15) is 22.4 Å². The molecule has 0 spiro atoms. The first-order chi connectivity index (χ1) is 15.7. The van der Waals surface area contributed by atoms with Gasteiger partial charge in [-0.3, -0.25) is 4.79 Å². The smallest absolute Gasteiger partial charge is 0.430 e. The van der Waals surface area contributed by atoms with Crippen molar-refractivity contribution >= 4 is 50.8 Å². The highest BCUT2D eigenvalue weighted by molar-refractivity contribution is 7.93. The van der Waals surface area contributed by atoms with E-state index < -0.39 is 38.4 Å². The Morgan fingerprint density at radius 2 is 2.03 bits per heavy atom. The minimum absolute atomic E-state index is 0.132. The quantitative estimate of drug-likeness (QED) is 0.341. The summed E-state index contributed by atoms with van der Waals surface area (Å²) in [6, 6.07) is 1.56. The Balaban J connectivity index is 2.32. The number of aliphatic carboxylic acids is 1. The molecular weight excluding hydrogens is 513 g/mol. The number of amides is 1. The monoisotopic (exact) mass is 535 g/mol. The summed E-state index contributed by atoms with van der Waals surface area (Å²) in [5.41, 5.74) is 0.272. The molecule has 0 aliphatic rings. The van der Waals surface area contributed by atoms with Gasteiger partial charge in [0.15, 0.2) is 5.82 Å². The number of benzene rings is 1. The van der Waals surface area contributed by atoms with Gasteiger partial charge in [-0.05, 0) is 26.8 Å². The maximum absolute atomic E-state index is 15.0. The van der Waals surface area contributed by atoms with Gasteiger partial charge in [0.25, 0.3) is 10.0 Å². The first-order valence-corrected chi connectivity index (χ1v) is 12.4. The second-order valence-electron chi connectivity index (χ2n) is 7.77. The number of sulfonamides is 1. The Bertz CT molecular complexity index is 1170. The van der Waals surface area contributed by atoms with Gasteiger partial charge < -0.3 is 19.9 Å². The third-order valence-corrected chi connectivity index (χ3v) is 6.36. The SMILES string of the molecule is C=C(CCNCC(=O)O)Oc1cc(F)c(S(=O)(=O)N(C(=O)OC(C)(C)C)c2cscn2)cc1Cl. The number of hydrogen-bond donors (Lipinski definition) is 2. The Hall–Kier alpha value is -2.74. The van der Waals surface area contributed by atoms with Gasteiger partial charge in [0.2, 0.25) is 0 Å². The van der Waals surface area contributed by atoms with Crippen molar-refractivity contribution in [3.05, 3.63) is 46.2 Å². The fourth-order valence-corrected chi connectivity index (χ4v) is 4.64. The first kappa shape index (κ1) is 27.5. The van der Waals surface area contributed by atoms with Crippen LogP contribution in [0.3, 0.4) is 0 Å². The molecule has 2 aromatic rings. The van der Waals surface area contributed by atoms with Crippen molar-refractivity contribution in [3.8, 4) is 5.75 Å². The molecule has 0 atom stereocenters. The van der Waals surface area contributed by atoms with Gasteiger partial charge >= 0.3 is 12.1 Å². The number of nitrogens with zero attached hydrogens (tertiary/aromatic N) is 2. The molecule has 0 aliphatic heterocycles. The third-order valence-electron chi connectivity index (χ3n) is 3.80. The summed E-state index contributed by atoms with van der Waals surface area (Å²) in [6.45, 7) is 8.24. The maximum atomic E-state index is 15.0. The Morgan fingerprint density at radius 3 is 2.59 bits per heavy atom. The molecule has 1 heterocycles. The highest BCUT2D eigenvalue weighted by Crippen LogP contribution is 2.34. The van der Waals surface area contributed by atoms with Crippen LogP contribution in [0.25, 0.3) is 0 Å². The van der Waals surface area contributed by atoms with Crippen LogP contribution in [0.1, 0.15) is 27.2 Å². The summed E-state index contributed by atoms with van der Waals surface area (Å²) in [6.07, 6.45) is -1.09. The van der Waals surface area contributed by atoms with Crippen molar-refractivity contribution < 1.29 is 37.0 Å². The molecule has 0 unspecified atom stereocenters. The molecule has 34 heavy (non-hydrogen) atoms. The standard InChI is InChI=1S/C20H23ClFN3O7S2/c1-12(5-6-23-9-18(26)27)31-15-8-14(22)16(7-13(15)21)34(29,30)25(17-10-33-11-24-17)19(28)32-20(2,3)4/h7-8,10-11,23H,1,5-6,9H2,2-4H3,(H,26,27). The summed E-state index contributed by atoms with van der Waals surface area (Å²) in [5.74, 6) is -2.62. The minimum atomic E-state index is -4.82. The van der Waals surface area contributed by atoms with Crippen LogP contribution < -0.4 is 14.4 Å². The van der Waals surface area contributed by atoms with Crippen molar-refractivity contribution in [2.45, 2.75) is 37.7 Å². The molecule has 186 valence electrons. The number of anilines is 1. The lowest BCUT2D eigenvalue weighted by molar-refractivity contribution is -0.135. The van der Waals surface area contributed by atoms with Crippen LogP contribution in [-0.4, -0.2) is 49.3 Å². The molecule has 1 aromatic carbocycles. The Labute approximate surface area is 205 Å². The highest BCUT2D eigenvalue weighted by Gasteiger charge is 2.38. The molecule has 14 heteroatoms. The number of carbonyl (C=O) groups excluding carboxylic acids is 1. The number of hydrogen-bond acceptors (Lipinski definition) is 9. The minimum Gasteiger partial charge on any atom is -0.480 e. The zero-order valence-corrected chi connectivity index (χ0v) is 20.9. The van der Waals surface area contributed by atoms with Gasteiger partial charge in [0, 0.05) is 24.4 Å². The number of ether oxygens (including phenoxy) is 2. The van der Waals surface area contributed by atoms with E-state index in [0.29, 0.717) is 0 Å². The molecule has 2 rings (SSSR count). The highest BCUT2D eigenvalue weighted by atomic mass is 35.5. The predicted molar refractivity (Wildman–Crippen MR) is 124 cm³/mol. The molecule has 2 N–H and O–H groups in total. The largest absolute Gasteiger partial charge is 0.480 e. The van der Waals surface area contributed by atoms with Gasteiger partial charge in [0.05, 0.1) is 22.8 Å². The van der Waals surface area contributed by atoms with Gasteiger partial charge in [-0.2, -0.15) is 0 Å². The summed E-state index contributed by atoms with van der Waals surface area (Å²) in [5, 5.41) is 12.3. The van der Waals surface area contributed by atoms with Crippen LogP contribution >= 0.6 is 22.9 Å². The molecule has 0 aliphatic carbocycles. The normalized spacial score (nSPS) is 11.7. The van der Waals surface area contributed by atoms with E-state index in [-0.39, 0.29) is 46.2 Å². The van der Waals surface area contributed by atoms with Crippen LogP contribution in [0.5, 0.6) is 5.75 Å². The van der Waals surface area contributed by atoms with E-state index in [2.05, 4.69) is 16.9 Å². The van der Waals surface area contributed by atoms with Crippen LogP contribution in [-0.2, 0) is 19.6 Å². The van der Waals surface area contributed by atoms with E-state index in [1.165, 1.54) is 10.9 Å². The second-order valence-corrected chi connectivity index (χ2v) is 10.7. The average Bonchev–Trinajstić information content (AvgIpc) is 3.20. The third kappa shape index (κ3) is 7.38. The molecular formula is C20H23ClFN3O7S2. The zero-order valence-electron chi connectivity index (χ0n) is 18.5. The van der Waals surface area contributed by atoms with E-state index >= 15 is 0 Å². The average molecular weight is 536 g/mol. The van der Waals surface area contributed by atoms with Crippen molar-refractivity contribution in [3.63, 3.8) is 0 Å². The zero-order chi connectivity index (χ0) is 25.7. The summed E-state index contributed by atoms with van der Waals surface area (Å²) < 4.78 is 52.3. The Kier molecular flexibility index (Phi) is 9.00. The number of carboxylic acids is 1. The maximum Gasteiger partial charge on any atom is 0.430 e. The molecule has 1 aromatic heterocycles. The molecule has 10 nitrogen and oxygen atoms in total. The van der Waals surface area contributed by atoms with Crippen LogP contribution in [0.4, 0.5) is 15.0 Å². The number of nitrogens with one attached hydrogen (secondary N) is 1. The molecule has 0 fully saturated rings. The van der Waals surface area contributed by atoms with Crippen LogP contribution in [0.2, 0.25) is 5.02 Å². The summed E-state index contributed by atoms with van der Waals surface area (Å²) in [7, 11) is -4.82. The van der Waals surface area contributed by atoms with Gasteiger partial charge in [-0.25, -0.2) is 22.6 Å². The van der Waals surface area contributed by atoms with Crippen molar-refractivity contribution in [1.82, 2.24) is 10.3 Å². The number of carboxylic acid groups (broad SMARTS) is 1. The number of rotatable bonds is 10. The lowest BCUT2D eigenvalue weighted by atomic mass is 10.2. The number of halogens is 2. The van der Waals surface area contributed by atoms with Gasteiger partial charge in [0.1, 0.15) is 22.1 Å². The van der Waals surface area contributed by atoms with Gasteiger partial charge in [-0.1, -0.05) is 18.2 Å². The lowest BCUT2D eigenvalue weighted by Crippen LogP contribution is -2.41. The number of carbonyl (C=O) groups is 2. The molecule has 0 saturated carbocycles. The summed E-state index contributed by atoms with van der Waals surface area (Å²) in [4.78, 5) is 26.2. The van der Waals surface area contributed by atoms with Crippen LogP contribution in [0.15, 0.2) is 40.3 Å². The van der Waals surface area contributed by atoms with Crippen molar-refractivity contribution in [2.24, 2.45) is 0 Å². The molecule has 0 bridgehead atoms. The fraction of sp³-hybridized carbons (Fsp3) is 0.350. The summed E-state index contributed by atoms with van der Waals surface area (Å²) >= 11 is 7.16. The second kappa shape index (κ2) is 11.1. The van der Waals surface area contributed by atoms with Gasteiger partial charge in [-0.15, -0.1) is 15.6 Å².